The molecule has 0 aromatic carbocycles. The standard InChI is InChI=1S/C15H27BrN2OSi/c1-7-13(15(5,6)19-20-14(2,3)4)18-12-8-11(16)9-17-10-12/h8-10,13,18H,7,20H2,1-6H3/t13-/m0/s1. The predicted octanol–water partition coefficient (Wildman–Crippen LogP) is 4.13. The first-order valence-electron chi connectivity index (χ1n) is 7.15. The fourth-order valence-electron chi connectivity index (χ4n) is 1.96. The summed E-state index contributed by atoms with van der Waals surface area (Å²) in [5, 5.41) is 3.86. The van der Waals surface area contributed by atoms with Gasteiger partial charge in [0, 0.05) is 10.7 Å². The lowest BCUT2D eigenvalue weighted by atomic mass is 9.96. The van der Waals surface area contributed by atoms with Crippen LogP contribution in [-0.4, -0.2) is 26.4 Å². The number of hydrogen-bond acceptors (Lipinski definition) is 3. The van der Waals surface area contributed by atoms with E-state index in [-0.39, 0.29) is 11.6 Å². The fourth-order valence-corrected chi connectivity index (χ4v) is 3.33. The molecule has 0 bridgehead atoms. The molecule has 1 N–H and O–H groups in total. The van der Waals surface area contributed by atoms with Gasteiger partial charge in [-0.1, -0.05) is 27.7 Å². The third-order valence-corrected chi connectivity index (χ3v) is 5.36. The first kappa shape index (κ1) is 17.7. The van der Waals surface area contributed by atoms with Crippen molar-refractivity contribution in [3.63, 3.8) is 0 Å². The second kappa shape index (κ2) is 7.05. The maximum Gasteiger partial charge on any atom is 0.167 e. The molecule has 1 rings (SSSR count). The van der Waals surface area contributed by atoms with Crippen LogP contribution < -0.4 is 5.32 Å². The van der Waals surface area contributed by atoms with Gasteiger partial charge in [0.2, 0.25) is 0 Å². The Balaban J connectivity index is 2.73. The van der Waals surface area contributed by atoms with Crippen molar-refractivity contribution >= 4 is 31.4 Å². The molecule has 0 aliphatic carbocycles. The summed E-state index contributed by atoms with van der Waals surface area (Å²) in [7, 11) is -0.569. The van der Waals surface area contributed by atoms with Crippen LogP contribution in [0, 0.1) is 0 Å². The van der Waals surface area contributed by atoms with Crippen molar-refractivity contribution in [3.05, 3.63) is 22.9 Å². The van der Waals surface area contributed by atoms with Gasteiger partial charge in [-0.05, 0) is 47.3 Å². The minimum absolute atomic E-state index is 0.170. The average Bonchev–Trinajstić information content (AvgIpc) is 2.33. The molecule has 0 aliphatic rings. The largest absolute Gasteiger partial charge is 0.416 e. The van der Waals surface area contributed by atoms with E-state index < -0.39 is 9.76 Å². The van der Waals surface area contributed by atoms with Crippen molar-refractivity contribution in [1.29, 1.82) is 0 Å². The van der Waals surface area contributed by atoms with E-state index >= 15 is 0 Å². The Hall–Kier alpha value is -0.393. The number of anilines is 1. The lowest BCUT2D eigenvalue weighted by Gasteiger charge is -2.37. The van der Waals surface area contributed by atoms with E-state index in [0.29, 0.717) is 5.04 Å². The molecular weight excluding hydrogens is 332 g/mol. The molecule has 0 saturated heterocycles. The van der Waals surface area contributed by atoms with Gasteiger partial charge in [0.05, 0.1) is 23.5 Å². The summed E-state index contributed by atoms with van der Waals surface area (Å²) >= 11 is 3.45. The molecular formula is C15H27BrN2OSi. The van der Waals surface area contributed by atoms with Crippen LogP contribution in [0.4, 0.5) is 5.69 Å². The maximum absolute atomic E-state index is 6.29. The molecule has 0 spiro atoms. The maximum atomic E-state index is 6.29. The van der Waals surface area contributed by atoms with Crippen molar-refractivity contribution in [3.8, 4) is 0 Å². The highest BCUT2D eigenvalue weighted by Gasteiger charge is 2.30. The van der Waals surface area contributed by atoms with Gasteiger partial charge in [0.25, 0.3) is 0 Å². The third-order valence-electron chi connectivity index (χ3n) is 3.17. The van der Waals surface area contributed by atoms with Crippen molar-refractivity contribution < 1.29 is 4.43 Å². The fraction of sp³-hybridized carbons (Fsp3) is 0.667. The highest BCUT2D eigenvalue weighted by Crippen LogP contribution is 2.27. The smallest absolute Gasteiger partial charge is 0.167 e. The predicted molar refractivity (Wildman–Crippen MR) is 93.1 cm³/mol. The van der Waals surface area contributed by atoms with Crippen LogP contribution in [0.1, 0.15) is 48.0 Å². The molecule has 0 saturated carbocycles. The minimum atomic E-state index is -0.569. The van der Waals surface area contributed by atoms with Crippen LogP contribution in [0.3, 0.4) is 0 Å². The Kier molecular flexibility index (Phi) is 6.22. The van der Waals surface area contributed by atoms with Gasteiger partial charge in [-0.15, -0.1) is 0 Å². The summed E-state index contributed by atoms with van der Waals surface area (Å²) in [4.78, 5) is 4.20. The van der Waals surface area contributed by atoms with E-state index in [1.807, 2.05) is 12.3 Å². The quantitative estimate of drug-likeness (QED) is 0.776. The number of rotatable bonds is 6. The van der Waals surface area contributed by atoms with Crippen LogP contribution in [0.15, 0.2) is 22.9 Å². The number of aromatic nitrogens is 1. The van der Waals surface area contributed by atoms with E-state index in [9.17, 15) is 0 Å². The molecule has 0 radical (unpaired) electrons. The Bertz CT molecular complexity index is 432. The van der Waals surface area contributed by atoms with Gasteiger partial charge in [-0.3, -0.25) is 4.98 Å². The van der Waals surface area contributed by atoms with Crippen molar-refractivity contribution in [2.24, 2.45) is 0 Å². The summed E-state index contributed by atoms with van der Waals surface area (Å²) in [5.74, 6) is 0. The van der Waals surface area contributed by atoms with Crippen LogP contribution in [0.25, 0.3) is 0 Å². The zero-order valence-corrected chi connectivity index (χ0v) is 16.5. The van der Waals surface area contributed by atoms with E-state index in [1.165, 1.54) is 0 Å². The Morgan fingerprint density at radius 1 is 1.30 bits per heavy atom. The number of halogens is 1. The van der Waals surface area contributed by atoms with Gasteiger partial charge < -0.3 is 9.74 Å². The number of hydrogen-bond donors (Lipinski definition) is 1. The molecule has 114 valence electrons. The molecule has 1 aromatic heterocycles. The van der Waals surface area contributed by atoms with Crippen molar-refractivity contribution in [2.75, 3.05) is 5.32 Å². The van der Waals surface area contributed by atoms with E-state index in [1.54, 1.807) is 6.20 Å². The van der Waals surface area contributed by atoms with E-state index in [0.717, 1.165) is 16.6 Å². The zero-order valence-electron chi connectivity index (χ0n) is 13.5. The molecule has 0 unspecified atom stereocenters. The van der Waals surface area contributed by atoms with Gasteiger partial charge >= 0.3 is 0 Å². The highest BCUT2D eigenvalue weighted by atomic mass is 79.9. The summed E-state index contributed by atoms with van der Waals surface area (Å²) in [6, 6.07) is 2.32. The molecule has 0 amide bonds. The monoisotopic (exact) mass is 358 g/mol. The van der Waals surface area contributed by atoms with Crippen LogP contribution >= 0.6 is 15.9 Å². The average molecular weight is 359 g/mol. The summed E-state index contributed by atoms with van der Waals surface area (Å²) in [6.45, 7) is 13.3. The molecule has 20 heavy (non-hydrogen) atoms. The number of pyridine rings is 1. The molecule has 0 aliphatic heterocycles. The van der Waals surface area contributed by atoms with Crippen LogP contribution in [0.5, 0.6) is 0 Å². The Morgan fingerprint density at radius 2 is 1.95 bits per heavy atom. The summed E-state index contributed by atoms with van der Waals surface area (Å²) < 4.78 is 7.28. The normalized spacial score (nSPS) is 14.8. The second-order valence-electron chi connectivity index (χ2n) is 6.95. The zero-order chi connectivity index (χ0) is 15.4. The van der Waals surface area contributed by atoms with Crippen molar-refractivity contribution in [2.45, 2.75) is 64.6 Å². The molecule has 0 fully saturated rings. The molecule has 3 nitrogen and oxygen atoms in total. The third kappa shape index (κ3) is 5.93. The van der Waals surface area contributed by atoms with E-state index in [2.05, 4.69) is 67.8 Å². The van der Waals surface area contributed by atoms with Crippen LogP contribution in [-0.2, 0) is 4.43 Å². The lowest BCUT2D eigenvalue weighted by molar-refractivity contribution is 0.0859. The second-order valence-corrected chi connectivity index (χ2v) is 10.6. The van der Waals surface area contributed by atoms with Gasteiger partial charge in [0.15, 0.2) is 9.76 Å². The molecule has 5 heteroatoms. The minimum Gasteiger partial charge on any atom is -0.416 e. The van der Waals surface area contributed by atoms with E-state index in [4.69, 9.17) is 4.43 Å². The Morgan fingerprint density at radius 3 is 2.45 bits per heavy atom. The van der Waals surface area contributed by atoms with Crippen molar-refractivity contribution in [1.82, 2.24) is 4.98 Å². The number of nitrogens with one attached hydrogen (secondary N) is 1. The highest BCUT2D eigenvalue weighted by molar-refractivity contribution is 9.10. The molecule has 1 aromatic rings. The Labute approximate surface area is 134 Å². The van der Waals surface area contributed by atoms with Gasteiger partial charge in [-0.2, -0.15) is 0 Å². The van der Waals surface area contributed by atoms with Gasteiger partial charge in [0.1, 0.15) is 0 Å². The molecule has 1 atom stereocenters. The first-order valence-corrected chi connectivity index (χ1v) is 9.23. The van der Waals surface area contributed by atoms with Crippen LogP contribution in [0.2, 0.25) is 5.04 Å². The first-order chi connectivity index (χ1) is 9.14. The lowest BCUT2D eigenvalue weighted by Crippen LogP contribution is -2.45. The SMILES string of the molecule is CC[C@H](Nc1cncc(Br)c1)C(C)(C)O[SiH2]C(C)(C)C. The molecule has 1 heterocycles. The van der Waals surface area contributed by atoms with Gasteiger partial charge in [-0.25, -0.2) is 0 Å². The number of nitrogens with zero attached hydrogens (tertiary/aromatic N) is 1. The summed E-state index contributed by atoms with van der Waals surface area (Å²) in [5.41, 5.74) is 0.858. The topological polar surface area (TPSA) is 34.2 Å². The summed E-state index contributed by atoms with van der Waals surface area (Å²) in [6.07, 6.45) is 4.66.